The van der Waals surface area contributed by atoms with Gasteiger partial charge in [-0.2, -0.15) is 0 Å². The Morgan fingerprint density at radius 2 is 1.95 bits per heavy atom. The van der Waals surface area contributed by atoms with Crippen molar-refractivity contribution in [2.75, 3.05) is 10.6 Å². The Morgan fingerprint density at radius 3 is 2.57 bits per heavy atom. The van der Waals surface area contributed by atoms with Crippen LogP contribution >= 0.6 is 22.9 Å². The van der Waals surface area contributed by atoms with E-state index in [4.69, 9.17) is 11.6 Å². The number of amides is 2. The molecule has 0 atom stereocenters. The average molecular weight is 324 g/mol. The Kier molecular flexibility index (Phi) is 5.30. The monoisotopic (exact) mass is 323 g/mol. The van der Waals surface area contributed by atoms with Crippen LogP contribution in [0.4, 0.5) is 10.8 Å². The zero-order chi connectivity index (χ0) is 15.2. The van der Waals surface area contributed by atoms with Gasteiger partial charge < -0.3 is 10.6 Å². The summed E-state index contributed by atoms with van der Waals surface area (Å²) in [7, 11) is 0. The van der Waals surface area contributed by atoms with Gasteiger partial charge in [-0.3, -0.25) is 9.59 Å². The summed E-state index contributed by atoms with van der Waals surface area (Å²) in [6.45, 7) is 1.92. The van der Waals surface area contributed by atoms with Gasteiger partial charge in [0.15, 0.2) is 5.13 Å². The first-order chi connectivity index (χ1) is 10.0. The zero-order valence-electron chi connectivity index (χ0n) is 11.4. The van der Waals surface area contributed by atoms with Crippen molar-refractivity contribution >= 4 is 45.6 Å². The molecule has 7 heteroatoms. The fourth-order valence-corrected chi connectivity index (χ4v) is 2.46. The fourth-order valence-electron chi connectivity index (χ4n) is 1.63. The predicted molar refractivity (Wildman–Crippen MR) is 84.8 cm³/mol. The van der Waals surface area contributed by atoms with Crippen LogP contribution in [0.3, 0.4) is 0 Å². The summed E-state index contributed by atoms with van der Waals surface area (Å²) in [6, 6.07) is 5.37. The molecule has 0 radical (unpaired) electrons. The van der Waals surface area contributed by atoms with E-state index in [0.29, 0.717) is 15.8 Å². The minimum atomic E-state index is -0.255. The summed E-state index contributed by atoms with van der Waals surface area (Å²) in [4.78, 5) is 27.4. The van der Waals surface area contributed by atoms with Crippen LogP contribution in [0.5, 0.6) is 0 Å². The number of hydrogen-bond acceptors (Lipinski definition) is 4. The zero-order valence-corrected chi connectivity index (χ0v) is 12.9. The minimum Gasteiger partial charge on any atom is -0.325 e. The maximum absolute atomic E-state index is 11.8. The number of carbonyl (C=O) groups is 2. The number of aryl methyl sites for hydroxylation is 1. The van der Waals surface area contributed by atoms with Gasteiger partial charge in [0.25, 0.3) is 0 Å². The van der Waals surface area contributed by atoms with Gasteiger partial charge in [-0.1, -0.05) is 17.7 Å². The van der Waals surface area contributed by atoms with Gasteiger partial charge in [-0.05, 0) is 24.6 Å². The Labute approximate surface area is 131 Å². The topological polar surface area (TPSA) is 71.1 Å². The van der Waals surface area contributed by atoms with Crippen LogP contribution in [0.1, 0.15) is 18.4 Å². The van der Waals surface area contributed by atoms with Crippen molar-refractivity contribution in [2.24, 2.45) is 0 Å². The maximum atomic E-state index is 11.8. The number of nitrogens with zero attached hydrogens (tertiary/aromatic N) is 1. The van der Waals surface area contributed by atoms with Gasteiger partial charge in [-0.15, -0.1) is 11.3 Å². The number of benzene rings is 1. The van der Waals surface area contributed by atoms with Crippen molar-refractivity contribution in [1.29, 1.82) is 0 Å². The molecule has 2 aromatic rings. The van der Waals surface area contributed by atoms with Crippen molar-refractivity contribution in [3.8, 4) is 0 Å². The Bertz CT molecular complexity index is 644. The Morgan fingerprint density at radius 1 is 1.24 bits per heavy atom. The molecule has 0 unspecified atom stereocenters. The molecule has 1 aromatic carbocycles. The smallest absolute Gasteiger partial charge is 0.226 e. The van der Waals surface area contributed by atoms with Crippen molar-refractivity contribution in [3.63, 3.8) is 0 Å². The number of anilines is 2. The standard InChI is InChI=1S/C14H14ClN3O2S/c1-9-2-3-11(10(15)8-9)17-12(19)4-5-13(20)18-14-16-6-7-21-14/h2-3,6-8H,4-5H2,1H3,(H,17,19)(H,16,18,20). The molecular weight excluding hydrogens is 310 g/mol. The molecule has 2 amide bonds. The second-order valence-electron chi connectivity index (χ2n) is 4.42. The van der Waals surface area contributed by atoms with E-state index in [-0.39, 0.29) is 24.7 Å². The van der Waals surface area contributed by atoms with Crippen molar-refractivity contribution < 1.29 is 9.59 Å². The molecule has 0 spiro atoms. The molecule has 1 aromatic heterocycles. The number of rotatable bonds is 5. The normalized spacial score (nSPS) is 10.2. The van der Waals surface area contributed by atoms with Crippen molar-refractivity contribution in [3.05, 3.63) is 40.4 Å². The Hall–Kier alpha value is -1.92. The largest absolute Gasteiger partial charge is 0.325 e. The number of aromatic nitrogens is 1. The molecule has 0 aliphatic carbocycles. The SMILES string of the molecule is Cc1ccc(NC(=O)CCC(=O)Nc2nccs2)c(Cl)c1. The summed E-state index contributed by atoms with van der Waals surface area (Å²) < 4.78 is 0. The molecule has 0 aliphatic rings. The van der Waals surface area contributed by atoms with Crippen molar-refractivity contribution in [1.82, 2.24) is 4.98 Å². The summed E-state index contributed by atoms with van der Waals surface area (Å²) in [5.41, 5.74) is 1.56. The van der Waals surface area contributed by atoms with Crippen LogP contribution in [-0.2, 0) is 9.59 Å². The number of halogens is 1. The quantitative estimate of drug-likeness (QED) is 0.885. The highest BCUT2D eigenvalue weighted by atomic mass is 35.5. The molecule has 5 nitrogen and oxygen atoms in total. The fraction of sp³-hybridized carbons (Fsp3) is 0.214. The van der Waals surface area contributed by atoms with Gasteiger partial charge in [0.2, 0.25) is 11.8 Å². The van der Waals surface area contributed by atoms with E-state index < -0.39 is 0 Å². The highest BCUT2D eigenvalue weighted by molar-refractivity contribution is 7.13. The van der Waals surface area contributed by atoms with Gasteiger partial charge in [0, 0.05) is 24.4 Å². The minimum absolute atomic E-state index is 0.0847. The molecule has 0 fully saturated rings. The lowest BCUT2D eigenvalue weighted by molar-refractivity contribution is -0.121. The van der Waals surface area contributed by atoms with Gasteiger partial charge in [0.1, 0.15) is 0 Å². The predicted octanol–water partition coefficient (Wildman–Crippen LogP) is 3.46. The third-order valence-corrected chi connectivity index (χ3v) is 3.66. The summed E-state index contributed by atoms with van der Waals surface area (Å²) >= 11 is 7.36. The second-order valence-corrected chi connectivity index (χ2v) is 5.72. The van der Waals surface area contributed by atoms with Gasteiger partial charge in [0.05, 0.1) is 10.7 Å². The lowest BCUT2D eigenvalue weighted by Crippen LogP contribution is -2.17. The first-order valence-corrected chi connectivity index (χ1v) is 7.55. The summed E-state index contributed by atoms with van der Waals surface area (Å²) in [5.74, 6) is -0.495. The number of hydrogen-bond donors (Lipinski definition) is 2. The lowest BCUT2D eigenvalue weighted by atomic mass is 10.2. The van der Waals surface area contributed by atoms with E-state index in [1.807, 2.05) is 13.0 Å². The third kappa shape index (κ3) is 4.84. The number of carbonyl (C=O) groups excluding carboxylic acids is 2. The van der Waals surface area contributed by atoms with E-state index in [0.717, 1.165) is 5.56 Å². The van der Waals surface area contributed by atoms with Crippen LogP contribution in [0.2, 0.25) is 5.02 Å². The average Bonchev–Trinajstić information content (AvgIpc) is 2.92. The molecule has 0 bridgehead atoms. The van der Waals surface area contributed by atoms with Crippen LogP contribution in [0, 0.1) is 6.92 Å². The van der Waals surface area contributed by atoms with Gasteiger partial charge in [-0.25, -0.2) is 4.98 Å². The van der Waals surface area contributed by atoms with E-state index in [1.165, 1.54) is 11.3 Å². The van der Waals surface area contributed by atoms with Gasteiger partial charge >= 0.3 is 0 Å². The number of nitrogens with one attached hydrogen (secondary N) is 2. The first-order valence-electron chi connectivity index (χ1n) is 6.30. The van der Waals surface area contributed by atoms with Crippen LogP contribution < -0.4 is 10.6 Å². The molecule has 2 rings (SSSR count). The molecule has 110 valence electrons. The molecule has 1 heterocycles. The summed E-state index contributed by atoms with van der Waals surface area (Å²) in [5, 5.41) is 8.09. The molecule has 0 saturated heterocycles. The Balaban J connectivity index is 1.80. The van der Waals surface area contributed by atoms with Crippen LogP contribution in [0.15, 0.2) is 29.8 Å². The van der Waals surface area contributed by atoms with E-state index in [1.54, 1.807) is 23.7 Å². The van der Waals surface area contributed by atoms with Crippen LogP contribution in [-0.4, -0.2) is 16.8 Å². The van der Waals surface area contributed by atoms with E-state index in [9.17, 15) is 9.59 Å². The molecular formula is C14H14ClN3O2S. The number of thiazole rings is 1. The molecule has 0 aliphatic heterocycles. The molecule has 0 saturated carbocycles. The highest BCUT2D eigenvalue weighted by Crippen LogP contribution is 2.22. The molecule has 21 heavy (non-hydrogen) atoms. The molecule has 2 N–H and O–H groups in total. The first kappa shape index (κ1) is 15.5. The maximum Gasteiger partial charge on any atom is 0.226 e. The van der Waals surface area contributed by atoms with Crippen molar-refractivity contribution in [2.45, 2.75) is 19.8 Å². The van der Waals surface area contributed by atoms with E-state index in [2.05, 4.69) is 15.6 Å². The summed E-state index contributed by atoms with van der Waals surface area (Å²) in [6.07, 6.45) is 1.78. The van der Waals surface area contributed by atoms with Crippen LogP contribution in [0.25, 0.3) is 0 Å². The third-order valence-electron chi connectivity index (χ3n) is 2.66. The lowest BCUT2D eigenvalue weighted by Gasteiger charge is -2.07. The van der Waals surface area contributed by atoms with E-state index >= 15 is 0 Å². The second kappa shape index (κ2) is 7.19. The highest BCUT2D eigenvalue weighted by Gasteiger charge is 2.10.